The van der Waals surface area contributed by atoms with Crippen LogP contribution in [0, 0.1) is 34.6 Å². The molecule has 1 aromatic heterocycles. The third-order valence-electron chi connectivity index (χ3n) is 7.45. The number of anilines is 2. The van der Waals surface area contributed by atoms with E-state index in [0.717, 1.165) is 61.4 Å². The molecule has 222 valence electrons. The van der Waals surface area contributed by atoms with E-state index >= 15 is 0 Å². The van der Waals surface area contributed by atoms with Gasteiger partial charge in [0.15, 0.2) is 0 Å². The number of likely N-dealkylation sites (N-methyl/N-ethyl adjacent to an activating group) is 1. The van der Waals surface area contributed by atoms with E-state index in [1.165, 1.54) is 13.0 Å². The van der Waals surface area contributed by atoms with Gasteiger partial charge >= 0.3 is 0 Å². The molecule has 0 saturated carbocycles. The van der Waals surface area contributed by atoms with Gasteiger partial charge in [0, 0.05) is 42.5 Å². The Balaban J connectivity index is 1.40. The minimum Gasteiger partial charge on any atom is -0.487 e. The fourth-order valence-electron chi connectivity index (χ4n) is 5.05. The molecule has 0 saturated heterocycles. The lowest BCUT2D eigenvalue weighted by molar-refractivity contribution is -0.122. The first-order chi connectivity index (χ1) is 20.4. The van der Waals surface area contributed by atoms with Gasteiger partial charge in [-0.25, -0.2) is 4.98 Å². The van der Waals surface area contributed by atoms with Crippen LogP contribution in [0.5, 0.6) is 5.75 Å². The predicted molar refractivity (Wildman–Crippen MR) is 172 cm³/mol. The van der Waals surface area contributed by atoms with Crippen LogP contribution in [0.1, 0.15) is 46.0 Å². The molecule has 0 atom stereocenters. The van der Waals surface area contributed by atoms with Crippen LogP contribution in [0.3, 0.4) is 0 Å². The van der Waals surface area contributed by atoms with Crippen molar-refractivity contribution < 1.29 is 19.1 Å². The Labute approximate surface area is 252 Å². The molecule has 0 spiro atoms. The van der Waals surface area contributed by atoms with Gasteiger partial charge in [-0.1, -0.05) is 24.3 Å². The van der Waals surface area contributed by atoms with Crippen LogP contribution in [-0.2, 0) is 21.0 Å². The molecule has 0 aliphatic rings. The maximum absolute atomic E-state index is 13.0. The van der Waals surface area contributed by atoms with Crippen LogP contribution >= 0.6 is 0 Å². The molecule has 0 aliphatic heterocycles. The van der Waals surface area contributed by atoms with Crippen molar-refractivity contribution in [3.63, 3.8) is 0 Å². The number of amides is 3. The SMILES string of the molecule is CC(=O)Nc1ccc(C=CC(=O)NCC(=O)N(C)c2ccc(C)c(COc3cccc4c(C)cc(C)nc34)c2C)cc1C. The topological polar surface area (TPSA) is 101 Å². The second kappa shape index (κ2) is 13.3. The molecule has 0 bridgehead atoms. The van der Waals surface area contributed by atoms with E-state index in [1.54, 1.807) is 30.2 Å². The molecule has 4 aromatic rings. The lowest BCUT2D eigenvalue weighted by atomic mass is 10.0. The largest absolute Gasteiger partial charge is 0.487 e. The van der Waals surface area contributed by atoms with E-state index in [-0.39, 0.29) is 24.3 Å². The van der Waals surface area contributed by atoms with Crippen molar-refractivity contribution in [2.45, 2.75) is 48.1 Å². The second-order valence-corrected chi connectivity index (χ2v) is 10.8. The zero-order valence-electron chi connectivity index (χ0n) is 25.8. The van der Waals surface area contributed by atoms with Gasteiger partial charge in [-0.2, -0.15) is 0 Å². The Morgan fingerprint density at radius 1 is 0.930 bits per heavy atom. The number of hydrogen-bond acceptors (Lipinski definition) is 5. The van der Waals surface area contributed by atoms with Crippen LogP contribution in [0.15, 0.2) is 60.7 Å². The molecule has 2 N–H and O–H groups in total. The van der Waals surface area contributed by atoms with E-state index in [9.17, 15) is 14.4 Å². The van der Waals surface area contributed by atoms with Crippen LogP contribution in [0.25, 0.3) is 17.0 Å². The number of carbonyl (C=O) groups excluding carboxylic acids is 3. The monoisotopic (exact) mass is 578 g/mol. The number of aryl methyl sites for hydroxylation is 4. The van der Waals surface area contributed by atoms with Gasteiger partial charge in [0.1, 0.15) is 17.9 Å². The summed E-state index contributed by atoms with van der Waals surface area (Å²) in [5.74, 6) is -0.0589. The number of carbonyl (C=O) groups is 3. The summed E-state index contributed by atoms with van der Waals surface area (Å²) in [6.07, 6.45) is 3.05. The number of nitrogens with one attached hydrogen (secondary N) is 2. The van der Waals surface area contributed by atoms with Gasteiger partial charge in [-0.3, -0.25) is 14.4 Å². The molecule has 3 aromatic carbocycles. The average Bonchev–Trinajstić information content (AvgIpc) is 2.95. The normalized spacial score (nSPS) is 11.0. The standard InChI is InChI=1S/C35H38N4O4/c1-21-11-15-31(25(5)29(21)20-43-32-10-8-9-28-22(2)17-24(4)37-35(28)32)39(7)34(42)19-36-33(41)16-13-27-12-14-30(23(3)18-27)38-26(6)40/h8-18H,19-20H2,1-7H3,(H,36,41)(H,38,40). The smallest absolute Gasteiger partial charge is 0.246 e. The molecule has 8 nitrogen and oxygen atoms in total. The second-order valence-electron chi connectivity index (χ2n) is 10.8. The Kier molecular flexibility index (Phi) is 9.60. The lowest BCUT2D eigenvalue weighted by Gasteiger charge is -2.23. The summed E-state index contributed by atoms with van der Waals surface area (Å²) in [5.41, 5.74) is 9.05. The third-order valence-corrected chi connectivity index (χ3v) is 7.45. The quantitative estimate of drug-likeness (QED) is 0.234. The first-order valence-electron chi connectivity index (χ1n) is 14.1. The Morgan fingerprint density at radius 3 is 2.42 bits per heavy atom. The molecule has 0 radical (unpaired) electrons. The number of nitrogens with zero attached hydrogens (tertiary/aromatic N) is 2. The molecule has 0 fully saturated rings. The van der Waals surface area contributed by atoms with Crippen LogP contribution in [-0.4, -0.2) is 36.3 Å². The van der Waals surface area contributed by atoms with Crippen LogP contribution in [0.2, 0.25) is 0 Å². The number of fused-ring (bicyclic) bond motifs is 1. The Hall–Kier alpha value is -4.98. The van der Waals surface area contributed by atoms with E-state index in [4.69, 9.17) is 9.72 Å². The van der Waals surface area contributed by atoms with Crippen molar-refractivity contribution in [3.8, 4) is 5.75 Å². The number of aromatic nitrogens is 1. The van der Waals surface area contributed by atoms with Crippen molar-refractivity contribution in [2.75, 3.05) is 23.8 Å². The van der Waals surface area contributed by atoms with Gasteiger partial charge in [-0.05, 0) is 104 Å². The first-order valence-corrected chi connectivity index (χ1v) is 14.1. The van der Waals surface area contributed by atoms with E-state index in [0.29, 0.717) is 12.4 Å². The van der Waals surface area contributed by atoms with Gasteiger partial charge in [0.25, 0.3) is 0 Å². The third kappa shape index (κ3) is 7.46. The number of ether oxygens (including phenoxy) is 1. The minimum atomic E-state index is -0.380. The first kappa shape index (κ1) is 31.0. The molecular formula is C35H38N4O4. The Morgan fingerprint density at radius 2 is 1.70 bits per heavy atom. The van der Waals surface area contributed by atoms with Crippen molar-refractivity contribution >= 4 is 46.1 Å². The maximum Gasteiger partial charge on any atom is 0.246 e. The number of hydrogen-bond donors (Lipinski definition) is 2. The van der Waals surface area contributed by atoms with Crippen LogP contribution < -0.4 is 20.3 Å². The fourth-order valence-corrected chi connectivity index (χ4v) is 5.05. The molecule has 4 rings (SSSR count). The molecule has 3 amide bonds. The van der Waals surface area contributed by atoms with Crippen molar-refractivity contribution in [1.82, 2.24) is 10.3 Å². The molecule has 0 unspecified atom stereocenters. The predicted octanol–water partition coefficient (Wildman–Crippen LogP) is 6.11. The number of rotatable bonds is 9. The summed E-state index contributed by atoms with van der Waals surface area (Å²) in [7, 11) is 1.70. The lowest BCUT2D eigenvalue weighted by Crippen LogP contribution is -2.38. The highest BCUT2D eigenvalue weighted by Gasteiger charge is 2.17. The average molecular weight is 579 g/mol. The number of benzene rings is 3. The summed E-state index contributed by atoms with van der Waals surface area (Å²) < 4.78 is 6.30. The summed E-state index contributed by atoms with van der Waals surface area (Å²) >= 11 is 0. The van der Waals surface area contributed by atoms with Crippen LogP contribution in [0.4, 0.5) is 11.4 Å². The van der Waals surface area contributed by atoms with E-state index in [2.05, 4.69) is 23.6 Å². The highest BCUT2D eigenvalue weighted by atomic mass is 16.5. The van der Waals surface area contributed by atoms with Crippen molar-refractivity contribution in [1.29, 1.82) is 0 Å². The van der Waals surface area contributed by atoms with E-state index in [1.807, 2.05) is 64.1 Å². The molecule has 8 heteroatoms. The zero-order chi connectivity index (χ0) is 31.3. The fraction of sp³-hybridized carbons (Fsp3) is 0.257. The van der Waals surface area contributed by atoms with Crippen molar-refractivity contribution in [2.24, 2.45) is 0 Å². The summed E-state index contributed by atoms with van der Waals surface area (Å²) in [6, 6.07) is 17.4. The summed E-state index contributed by atoms with van der Waals surface area (Å²) in [6.45, 7) is 11.5. The minimum absolute atomic E-state index is 0.144. The van der Waals surface area contributed by atoms with E-state index < -0.39 is 0 Å². The van der Waals surface area contributed by atoms with Crippen molar-refractivity contribution in [3.05, 3.63) is 99.7 Å². The molecule has 0 aliphatic carbocycles. The highest BCUT2D eigenvalue weighted by Crippen LogP contribution is 2.30. The summed E-state index contributed by atoms with van der Waals surface area (Å²) in [4.78, 5) is 43.1. The number of para-hydroxylation sites is 1. The van der Waals surface area contributed by atoms with Gasteiger partial charge < -0.3 is 20.3 Å². The Bertz CT molecular complexity index is 1740. The van der Waals surface area contributed by atoms with Gasteiger partial charge in [0.05, 0.1) is 6.54 Å². The molecule has 1 heterocycles. The zero-order valence-corrected chi connectivity index (χ0v) is 25.8. The maximum atomic E-state index is 13.0. The highest BCUT2D eigenvalue weighted by molar-refractivity contribution is 5.99. The molecular weight excluding hydrogens is 540 g/mol. The number of pyridine rings is 1. The molecule has 43 heavy (non-hydrogen) atoms. The van der Waals surface area contributed by atoms with Gasteiger partial charge in [-0.15, -0.1) is 0 Å². The summed E-state index contributed by atoms with van der Waals surface area (Å²) in [5, 5.41) is 6.49. The van der Waals surface area contributed by atoms with Gasteiger partial charge in [0.2, 0.25) is 17.7 Å².